The van der Waals surface area contributed by atoms with Crippen molar-refractivity contribution < 1.29 is 23.8 Å². The molecule has 1 aliphatic heterocycles. The highest BCUT2D eigenvalue weighted by Crippen LogP contribution is 2.38. The number of methoxy groups -OCH3 is 3. The maximum Gasteiger partial charge on any atom is 0.246 e. The lowest BCUT2D eigenvalue weighted by Crippen LogP contribution is -2.32. The molecule has 1 aromatic rings. The van der Waals surface area contributed by atoms with Crippen LogP contribution in [0.15, 0.2) is 28.5 Å². The Bertz CT molecular complexity index is 786. The van der Waals surface area contributed by atoms with Crippen LogP contribution < -0.4 is 14.2 Å². The molecule has 0 fully saturated rings. The molecule has 7 nitrogen and oxygen atoms in total. The van der Waals surface area contributed by atoms with Crippen molar-refractivity contribution in [2.24, 2.45) is 5.10 Å². The van der Waals surface area contributed by atoms with E-state index >= 15 is 0 Å². The number of amides is 1. The first-order valence-electron chi connectivity index (χ1n) is 8.85. The van der Waals surface area contributed by atoms with Crippen LogP contribution in [0, 0.1) is 0 Å². The Balaban J connectivity index is 2.48. The summed E-state index contributed by atoms with van der Waals surface area (Å²) in [5.74, 6) is 0.771. The van der Waals surface area contributed by atoms with Crippen molar-refractivity contribution in [1.82, 2.24) is 5.01 Å². The number of rotatable bonds is 7. The third-order valence-corrected chi connectivity index (χ3v) is 4.46. The normalized spacial score (nSPS) is 14.0. The smallest absolute Gasteiger partial charge is 0.246 e. The summed E-state index contributed by atoms with van der Waals surface area (Å²) in [6.45, 7) is 5.66. The van der Waals surface area contributed by atoms with Crippen LogP contribution >= 0.6 is 0 Å². The standard InChI is InChI=1S/C20H26N2O5/c1-7-15-12(3)9-14(21-22(15)18(23)8-2)19(24)13-10-16(25-4)20(27-6)17(11-13)26-5/h10-11H,7-9H2,1-6H3. The number of hydrogen-bond acceptors (Lipinski definition) is 6. The molecule has 7 heteroatoms. The van der Waals surface area contributed by atoms with Crippen LogP contribution in [0.2, 0.25) is 0 Å². The molecule has 0 aromatic heterocycles. The van der Waals surface area contributed by atoms with Gasteiger partial charge < -0.3 is 14.2 Å². The Labute approximate surface area is 159 Å². The van der Waals surface area contributed by atoms with Gasteiger partial charge in [-0.3, -0.25) is 9.59 Å². The van der Waals surface area contributed by atoms with Gasteiger partial charge in [0, 0.05) is 24.1 Å². The van der Waals surface area contributed by atoms with E-state index in [1.54, 1.807) is 19.1 Å². The molecule has 0 aliphatic carbocycles. The van der Waals surface area contributed by atoms with E-state index in [4.69, 9.17) is 14.2 Å². The molecule has 1 aliphatic rings. The number of carbonyl (C=O) groups excluding carboxylic acids is 2. The number of carbonyl (C=O) groups is 2. The summed E-state index contributed by atoms with van der Waals surface area (Å²) in [6.07, 6.45) is 1.38. The number of ether oxygens (including phenoxy) is 3. The second-order valence-electron chi connectivity index (χ2n) is 6.11. The van der Waals surface area contributed by atoms with E-state index in [1.165, 1.54) is 26.3 Å². The summed E-state index contributed by atoms with van der Waals surface area (Å²) in [7, 11) is 4.49. The summed E-state index contributed by atoms with van der Waals surface area (Å²) < 4.78 is 15.9. The summed E-state index contributed by atoms with van der Waals surface area (Å²) in [5.41, 5.74) is 2.48. The van der Waals surface area contributed by atoms with Crippen LogP contribution in [0.1, 0.15) is 50.4 Å². The lowest BCUT2D eigenvalue weighted by Gasteiger charge is -2.27. The molecule has 0 radical (unpaired) electrons. The zero-order valence-corrected chi connectivity index (χ0v) is 16.7. The van der Waals surface area contributed by atoms with Crippen molar-refractivity contribution in [3.63, 3.8) is 0 Å². The highest BCUT2D eigenvalue weighted by molar-refractivity contribution is 6.46. The van der Waals surface area contributed by atoms with Crippen LogP contribution in [0.25, 0.3) is 0 Å². The average Bonchev–Trinajstić information content (AvgIpc) is 2.70. The summed E-state index contributed by atoms with van der Waals surface area (Å²) in [4.78, 5) is 25.4. The third kappa shape index (κ3) is 3.97. The molecule has 0 N–H and O–H groups in total. The molecule has 146 valence electrons. The number of benzene rings is 1. The predicted molar refractivity (Wildman–Crippen MR) is 103 cm³/mol. The van der Waals surface area contributed by atoms with E-state index in [9.17, 15) is 9.59 Å². The lowest BCUT2D eigenvalue weighted by molar-refractivity contribution is -0.129. The van der Waals surface area contributed by atoms with Crippen LogP contribution in [0.4, 0.5) is 0 Å². The lowest BCUT2D eigenvalue weighted by atomic mass is 9.97. The van der Waals surface area contributed by atoms with Crippen molar-refractivity contribution in [2.45, 2.75) is 40.0 Å². The van der Waals surface area contributed by atoms with E-state index in [-0.39, 0.29) is 11.7 Å². The topological polar surface area (TPSA) is 77.4 Å². The summed E-state index contributed by atoms with van der Waals surface area (Å²) >= 11 is 0. The van der Waals surface area contributed by atoms with E-state index in [0.29, 0.717) is 47.8 Å². The number of hydrazone groups is 1. The molecule has 0 spiro atoms. The molecule has 0 atom stereocenters. The molecule has 2 rings (SSSR count). The monoisotopic (exact) mass is 374 g/mol. The van der Waals surface area contributed by atoms with Crippen molar-refractivity contribution in [1.29, 1.82) is 0 Å². The summed E-state index contributed by atoms with van der Waals surface area (Å²) in [6, 6.07) is 3.18. The molecule has 1 aromatic carbocycles. The molecule has 0 unspecified atom stereocenters. The second kappa shape index (κ2) is 8.70. The van der Waals surface area contributed by atoms with Gasteiger partial charge in [0.1, 0.15) is 5.71 Å². The molecular weight excluding hydrogens is 348 g/mol. The molecule has 1 amide bonds. The molecule has 0 saturated carbocycles. The number of Topliss-reactive ketones (excluding diaryl/α,β-unsaturated/α-hetero) is 1. The van der Waals surface area contributed by atoms with E-state index in [2.05, 4.69) is 5.10 Å². The van der Waals surface area contributed by atoms with Gasteiger partial charge in [-0.1, -0.05) is 13.8 Å². The fraction of sp³-hybridized carbons (Fsp3) is 0.450. The number of ketones is 1. The first kappa shape index (κ1) is 20.5. The van der Waals surface area contributed by atoms with Gasteiger partial charge in [-0.2, -0.15) is 5.10 Å². The van der Waals surface area contributed by atoms with Gasteiger partial charge in [0.2, 0.25) is 17.4 Å². The zero-order chi connectivity index (χ0) is 20.1. The van der Waals surface area contributed by atoms with Gasteiger partial charge in [0.25, 0.3) is 0 Å². The first-order valence-corrected chi connectivity index (χ1v) is 8.85. The quantitative estimate of drug-likeness (QED) is 0.682. The minimum absolute atomic E-state index is 0.138. The average molecular weight is 374 g/mol. The third-order valence-electron chi connectivity index (χ3n) is 4.46. The maximum absolute atomic E-state index is 13.1. The first-order chi connectivity index (χ1) is 12.9. The summed E-state index contributed by atoms with van der Waals surface area (Å²) in [5, 5.41) is 5.73. The van der Waals surface area contributed by atoms with Gasteiger partial charge in [0.15, 0.2) is 11.5 Å². The highest BCUT2D eigenvalue weighted by Gasteiger charge is 2.28. The molecule has 27 heavy (non-hydrogen) atoms. The van der Waals surface area contributed by atoms with Crippen molar-refractivity contribution in [3.05, 3.63) is 29.0 Å². The Kier molecular flexibility index (Phi) is 6.60. The molecule has 1 heterocycles. The van der Waals surface area contributed by atoms with Crippen LogP contribution in [-0.4, -0.2) is 43.7 Å². The fourth-order valence-corrected chi connectivity index (χ4v) is 3.06. The van der Waals surface area contributed by atoms with Crippen molar-refractivity contribution in [3.8, 4) is 17.2 Å². The van der Waals surface area contributed by atoms with E-state index in [1.807, 2.05) is 13.8 Å². The Hall–Kier alpha value is -2.83. The highest BCUT2D eigenvalue weighted by atomic mass is 16.5. The Morgan fingerprint density at radius 2 is 1.67 bits per heavy atom. The van der Waals surface area contributed by atoms with Gasteiger partial charge >= 0.3 is 0 Å². The maximum atomic E-state index is 13.1. The van der Waals surface area contributed by atoms with Crippen LogP contribution in [-0.2, 0) is 4.79 Å². The molecule has 0 saturated heterocycles. The Morgan fingerprint density at radius 1 is 1.07 bits per heavy atom. The predicted octanol–water partition coefficient (Wildman–Crippen LogP) is 3.58. The van der Waals surface area contributed by atoms with E-state index in [0.717, 1.165) is 11.3 Å². The SMILES string of the molecule is CCC(=O)N1N=C(C(=O)c2cc(OC)c(OC)c(OC)c2)CC(C)=C1CC. The van der Waals surface area contributed by atoms with E-state index < -0.39 is 0 Å². The number of nitrogens with zero attached hydrogens (tertiary/aromatic N) is 2. The molecular formula is C20H26N2O5. The number of allylic oxidation sites excluding steroid dienone is 2. The Morgan fingerprint density at radius 3 is 2.11 bits per heavy atom. The van der Waals surface area contributed by atoms with Crippen LogP contribution in [0.5, 0.6) is 17.2 Å². The number of hydrogen-bond donors (Lipinski definition) is 0. The van der Waals surface area contributed by atoms with Gasteiger partial charge in [-0.25, -0.2) is 5.01 Å². The van der Waals surface area contributed by atoms with Crippen LogP contribution in [0.3, 0.4) is 0 Å². The zero-order valence-electron chi connectivity index (χ0n) is 16.7. The largest absolute Gasteiger partial charge is 0.493 e. The fourth-order valence-electron chi connectivity index (χ4n) is 3.06. The minimum Gasteiger partial charge on any atom is -0.493 e. The van der Waals surface area contributed by atoms with Gasteiger partial charge in [-0.05, 0) is 31.1 Å². The van der Waals surface area contributed by atoms with Crippen molar-refractivity contribution in [2.75, 3.05) is 21.3 Å². The van der Waals surface area contributed by atoms with Gasteiger partial charge in [-0.15, -0.1) is 0 Å². The van der Waals surface area contributed by atoms with Crippen molar-refractivity contribution >= 4 is 17.4 Å². The second-order valence-corrected chi connectivity index (χ2v) is 6.11. The molecule has 0 bridgehead atoms. The minimum atomic E-state index is -0.280. The van der Waals surface area contributed by atoms with Gasteiger partial charge in [0.05, 0.1) is 21.3 Å².